The number of aryl methyl sites for hydroxylation is 1. The number of hydrogen-bond donors (Lipinski definition) is 0. The Balaban J connectivity index is 2.52. The molecule has 0 aliphatic rings. The number of aromatic nitrogens is 3. The van der Waals surface area contributed by atoms with Crippen molar-refractivity contribution in [3.05, 3.63) is 40.6 Å². The summed E-state index contributed by atoms with van der Waals surface area (Å²) < 4.78 is 1.92. The van der Waals surface area contributed by atoms with Gasteiger partial charge in [0.1, 0.15) is 12.1 Å². The van der Waals surface area contributed by atoms with Crippen LogP contribution in [0.2, 0.25) is 5.02 Å². The summed E-state index contributed by atoms with van der Waals surface area (Å²) in [5, 5.41) is 0.591. The van der Waals surface area contributed by atoms with Crippen molar-refractivity contribution in [1.82, 2.24) is 14.5 Å². The lowest BCUT2D eigenvalue weighted by molar-refractivity contribution is 0.946. The molecule has 2 heterocycles. The Morgan fingerprint density at radius 2 is 2.06 bits per heavy atom. The van der Waals surface area contributed by atoms with Crippen LogP contribution in [0.1, 0.15) is 17.0 Å². The van der Waals surface area contributed by atoms with E-state index in [0.717, 1.165) is 22.8 Å². The van der Waals surface area contributed by atoms with E-state index in [2.05, 4.69) is 9.97 Å². The fraction of sp³-hybridized carbons (Fsp3) is 0.273. The van der Waals surface area contributed by atoms with Gasteiger partial charge in [-0.3, -0.25) is 4.57 Å². The molecule has 3 nitrogen and oxygen atoms in total. The highest BCUT2D eigenvalue weighted by Gasteiger charge is 2.08. The predicted octanol–water partition coefficient (Wildman–Crippen LogP) is 3.28. The fourth-order valence-electron chi connectivity index (χ4n) is 1.43. The highest BCUT2D eigenvalue weighted by Crippen LogP contribution is 2.20. The standard InChI is InChI=1S/C11H11Cl2N3/c1-7-8(2)16(6-15-7)11-3-9(4-12)10(13)5-14-11/h3,5-6H,4H2,1-2H3. The van der Waals surface area contributed by atoms with Gasteiger partial charge in [0.2, 0.25) is 0 Å². The van der Waals surface area contributed by atoms with Crippen LogP contribution in [-0.4, -0.2) is 14.5 Å². The second kappa shape index (κ2) is 4.44. The minimum Gasteiger partial charge on any atom is -0.287 e. The monoisotopic (exact) mass is 255 g/mol. The first-order valence-corrected chi connectivity index (χ1v) is 5.76. The van der Waals surface area contributed by atoms with E-state index in [1.165, 1.54) is 0 Å². The van der Waals surface area contributed by atoms with E-state index in [1.807, 2.05) is 24.5 Å². The largest absolute Gasteiger partial charge is 0.287 e. The molecule has 16 heavy (non-hydrogen) atoms. The number of halogens is 2. The van der Waals surface area contributed by atoms with Gasteiger partial charge in [-0.25, -0.2) is 9.97 Å². The summed E-state index contributed by atoms with van der Waals surface area (Å²) in [5.74, 6) is 1.17. The summed E-state index contributed by atoms with van der Waals surface area (Å²) in [5.41, 5.74) is 2.93. The fourth-order valence-corrected chi connectivity index (χ4v) is 1.89. The first-order chi connectivity index (χ1) is 7.63. The Morgan fingerprint density at radius 3 is 2.62 bits per heavy atom. The SMILES string of the molecule is Cc1ncn(-c2cc(CCl)c(Cl)cn2)c1C. The molecule has 0 radical (unpaired) electrons. The zero-order valence-corrected chi connectivity index (χ0v) is 10.5. The minimum absolute atomic E-state index is 0.376. The van der Waals surface area contributed by atoms with Gasteiger partial charge >= 0.3 is 0 Å². The van der Waals surface area contributed by atoms with Gasteiger partial charge in [0.15, 0.2) is 0 Å². The van der Waals surface area contributed by atoms with Gasteiger partial charge in [-0.2, -0.15) is 0 Å². The van der Waals surface area contributed by atoms with Gasteiger partial charge in [0.05, 0.1) is 10.7 Å². The Labute approximate surface area is 104 Å². The summed E-state index contributed by atoms with van der Waals surface area (Å²) in [4.78, 5) is 8.49. The van der Waals surface area contributed by atoms with Crippen molar-refractivity contribution in [2.75, 3.05) is 0 Å². The van der Waals surface area contributed by atoms with E-state index >= 15 is 0 Å². The maximum atomic E-state index is 5.96. The van der Waals surface area contributed by atoms with Crippen molar-refractivity contribution in [3.8, 4) is 5.82 Å². The Kier molecular flexibility index (Phi) is 3.17. The van der Waals surface area contributed by atoms with Gasteiger partial charge < -0.3 is 0 Å². The van der Waals surface area contributed by atoms with Gasteiger partial charge in [-0.05, 0) is 25.5 Å². The first kappa shape index (κ1) is 11.4. The minimum atomic E-state index is 0.376. The number of pyridine rings is 1. The van der Waals surface area contributed by atoms with Crippen LogP contribution in [0.3, 0.4) is 0 Å². The summed E-state index contributed by atoms with van der Waals surface area (Å²) >= 11 is 11.8. The zero-order chi connectivity index (χ0) is 11.7. The van der Waals surface area contributed by atoms with Crippen molar-refractivity contribution in [1.29, 1.82) is 0 Å². The topological polar surface area (TPSA) is 30.7 Å². The highest BCUT2D eigenvalue weighted by atomic mass is 35.5. The second-order valence-corrected chi connectivity index (χ2v) is 4.23. The summed E-state index contributed by atoms with van der Waals surface area (Å²) in [6, 6.07) is 1.88. The molecule has 0 unspecified atom stereocenters. The van der Waals surface area contributed by atoms with Crippen LogP contribution in [0.5, 0.6) is 0 Å². The normalized spacial score (nSPS) is 10.8. The Morgan fingerprint density at radius 1 is 1.31 bits per heavy atom. The molecule has 0 spiro atoms. The number of alkyl halides is 1. The third-order valence-electron chi connectivity index (χ3n) is 2.56. The molecule has 5 heteroatoms. The van der Waals surface area contributed by atoms with Crippen LogP contribution in [0, 0.1) is 13.8 Å². The Bertz CT molecular complexity index is 520. The summed E-state index contributed by atoms with van der Waals surface area (Å²) in [6.45, 7) is 3.96. The van der Waals surface area contributed by atoms with Gasteiger partial charge in [-0.15, -0.1) is 11.6 Å². The Hall–Kier alpha value is -1.06. The van der Waals surface area contributed by atoms with E-state index in [0.29, 0.717) is 10.9 Å². The van der Waals surface area contributed by atoms with Crippen molar-refractivity contribution < 1.29 is 0 Å². The highest BCUT2D eigenvalue weighted by molar-refractivity contribution is 6.32. The molecule has 0 fully saturated rings. The maximum absolute atomic E-state index is 5.96. The van der Waals surface area contributed by atoms with E-state index in [-0.39, 0.29) is 0 Å². The molecule has 0 bridgehead atoms. The van der Waals surface area contributed by atoms with Gasteiger partial charge in [0.25, 0.3) is 0 Å². The van der Waals surface area contributed by atoms with E-state index in [1.54, 1.807) is 12.5 Å². The van der Waals surface area contributed by atoms with Crippen LogP contribution < -0.4 is 0 Å². The molecule has 0 amide bonds. The first-order valence-electron chi connectivity index (χ1n) is 4.84. The maximum Gasteiger partial charge on any atom is 0.138 e. The molecule has 0 N–H and O–H groups in total. The lowest BCUT2D eigenvalue weighted by Gasteiger charge is -2.07. The van der Waals surface area contributed by atoms with E-state index < -0.39 is 0 Å². The average molecular weight is 256 g/mol. The van der Waals surface area contributed by atoms with E-state index in [9.17, 15) is 0 Å². The van der Waals surface area contributed by atoms with Gasteiger partial charge in [-0.1, -0.05) is 11.6 Å². The van der Waals surface area contributed by atoms with Crippen LogP contribution >= 0.6 is 23.2 Å². The number of rotatable bonds is 2. The molecule has 0 aliphatic carbocycles. The zero-order valence-electron chi connectivity index (χ0n) is 9.04. The van der Waals surface area contributed by atoms with Crippen molar-refractivity contribution in [3.63, 3.8) is 0 Å². The molecular weight excluding hydrogens is 245 g/mol. The average Bonchev–Trinajstić information content (AvgIpc) is 2.61. The van der Waals surface area contributed by atoms with E-state index in [4.69, 9.17) is 23.2 Å². The number of nitrogens with zero attached hydrogens (tertiary/aromatic N) is 3. The van der Waals surface area contributed by atoms with Crippen LogP contribution in [0.4, 0.5) is 0 Å². The third-order valence-corrected chi connectivity index (χ3v) is 3.19. The molecule has 0 saturated carbocycles. The molecule has 0 saturated heterocycles. The molecule has 84 valence electrons. The number of imidazole rings is 1. The number of hydrogen-bond acceptors (Lipinski definition) is 2. The molecule has 2 aromatic heterocycles. The van der Waals surface area contributed by atoms with Crippen LogP contribution in [-0.2, 0) is 5.88 Å². The van der Waals surface area contributed by atoms with Crippen LogP contribution in [0.25, 0.3) is 5.82 Å². The third kappa shape index (κ3) is 1.93. The second-order valence-electron chi connectivity index (χ2n) is 3.55. The predicted molar refractivity (Wildman–Crippen MR) is 65.4 cm³/mol. The molecule has 2 rings (SSSR count). The molecule has 0 atom stereocenters. The van der Waals surface area contributed by atoms with Crippen LogP contribution in [0.15, 0.2) is 18.6 Å². The lowest BCUT2D eigenvalue weighted by atomic mass is 10.3. The van der Waals surface area contributed by atoms with Crippen molar-refractivity contribution in [2.24, 2.45) is 0 Å². The van der Waals surface area contributed by atoms with Crippen molar-refractivity contribution >= 4 is 23.2 Å². The molecule has 0 aliphatic heterocycles. The smallest absolute Gasteiger partial charge is 0.138 e. The molecule has 0 aromatic carbocycles. The van der Waals surface area contributed by atoms with Gasteiger partial charge in [0, 0.05) is 17.8 Å². The quantitative estimate of drug-likeness (QED) is 0.772. The molecular formula is C11H11Cl2N3. The molecule has 2 aromatic rings. The summed E-state index contributed by atoms with van der Waals surface area (Å²) in [7, 11) is 0. The summed E-state index contributed by atoms with van der Waals surface area (Å²) in [6.07, 6.45) is 3.36. The van der Waals surface area contributed by atoms with Crippen molar-refractivity contribution in [2.45, 2.75) is 19.7 Å². The lowest BCUT2D eigenvalue weighted by Crippen LogP contribution is -1.99.